The van der Waals surface area contributed by atoms with Crippen molar-refractivity contribution >= 4 is 17.0 Å². The van der Waals surface area contributed by atoms with E-state index in [1.54, 1.807) is 24.0 Å². The molecule has 3 aromatic rings. The van der Waals surface area contributed by atoms with Gasteiger partial charge in [0.1, 0.15) is 5.56 Å². The molecule has 10 heteroatoms. The topological polar surface area (TPSA) is 81.4 Å². The maximum atomic E-state index is 13.7. The van der Waals surface area contributed by atoms with Crippen LogP contribution in [-0.2, 0) is 6.18 Å². The summed E-state index contributed by atoms with van der Waals surface area (Å²) in [5.41, 5.74) is -0.251. The van der Waals surface area contributed by atoms with Gasteiger partial charge in [-0.2, -0.15) is 13.2 Å². The molecule has 164 valence electrons. The number of amides is 1. The van der Waals surface area contributed by atoms with Gasteiger partial charge >= 0.3 is 6.18 Å². The molecule has 7 nitrogen and oxygen atoms in total. The molecule has 0 spiro atoms. The summed E-state index contributed by atoms with van der Waals surface area (Å²) in [5, 5.41) is 3.52. The van der Waals surface area contributed by atoms with Crippen molar-refractivity contribution in [2.24, 2.45) is 0 Å². The maximum absolute atomic E-state index is 13.7. The number of hydrogen-bond acceptors (Lipinski definition) is 6. The average Bonchev–Trinajstić information content (AvgIpc) is 3.13. The second-order valence-electron chi connectivity index (χ2n) is 7.42. The Morgan fingerprint density at radius 2 is 2.19 bits per heavy atom. The van der Waals surface area contributed by atoms with E-state index >= 15 is 0 Å². The Morgan fingerprint density at radius 1 is 1.39 bits per heavy atom. The fraction of sp³-hybridized carbons (Fsp3) is 0.429. The molecule has 0 aromatic carbocycles. The Balaban J connectivity index is 1.65. The van der Waals surface area contributed by atoms with Gasteiger partial charge in [-0.25, -0.2) is 9.97 Å². The molecule has 1 fully saturated rings. The number of likely N-dealkylation sites (tertiary alicyclic amines) is 1. The number of alkyl halides is 3. The predicted octanol–water partition coefficient (Wildman–Crippen LogP) is 4.36. The van der Waals surface area contributed by atoms with Crippen molar-refractivity contribution in [1.29, 1.82) is 0 Å². The van der Waals surface area contributed by atoms with Gasteiger partial charge in [0, 0.05) is 25.2 Å². The van der Waals surface area contributed by atoms with E-state index in [0.29, 0.717) is 31.6 Å². The number of nitrogens with zero attached hydrogens (tertiary/aromatic N) is 4. The van der Waals surface area contributed by atoms with Crippen LogP contribution in [0, 0.1) is 6.92 Å². The number of carbonyl (C=O) groups excluding carboxylic acids is 1. The van der Waals surface area contributed by atoms with E-state index in [1.165, 1.54) is 13.1 Å². The summed E-state index contributed by atoms with van der Waals surface area (Å²) < 4.78 is 51.5. The van der Waals surface area contributed by atoms with Gasteiger partial charge in [0.25, 0.3) is 11.6 Å². The molecule has 1 aliphatic rings. The van der Waals surface area contributed by atoms with Crippen LogP contribution in [0.5, 0.6) is 5.88 Å². The molecular weight excluding hydrogens is 413 g/mol. The molecule has 4 heterocycles. The van der Waals surface area contributed by atoms with Gasteiger partial charge in [0.05, 0.1) is 28.9 Å². The summed E-state index contributed by atoms with van der Waals surface area (Å²) in [6, 6.07) is 4.34. The van der Waals surface area contributed by atoms with Gasteiger partial charge in [0.2, 0.25) is 5.88 Å². The van der Waals surface area contributed by atoms with Crippen LogP contribution in [0.15, 0.2) is 28.9 Å². The first-order valence-electron chi connectivity index (χ1n) is 10.0. The molecule has 1 atom stereocenters. The number of piperidine rings is 1. The standard InChI is InChI=1S/C21H21F3N4O3/c1-3-30-18-14(7-4-8-25-18)20(29)28-9-5-6-13(11-28)16-10-15(21(22,23)24)17-12(2)27-31-19(17)26-16/h4,7-8,10,13H,3,5-6,9,11H2,1-2H3. The van der Waals surface area contributed by atoms with Crippen LogP contribution < -0.4 is 4.74 Å². The number of carbonyl (C=O) groups is 1. The van der Waals surface area contributed by atoms with Crippen LogP contribution in [0.3, 0.4) is 0 Å². The van der Waals surface area contributed by atoms with Gasteiger partial charge in [-0.15, -0.1) is 0 Å². The van der Waals surface area contributed by atoms with Crippen LogP contribution in [-0.4, -0.2) is 45.6 Å². The molecule has 0 aliphatic carbocycles. The summed E-state index contributed by atoms with van der Waals surface area (Å²) in [4.78, 5) is 23.1. The minimum atomic E-state index is -4.57. The molecule has 0 saturated carbocycles. The Kier molecular flexibility index (Phi) is 5.55. The zero-order valence-electron chi connectivity index (χ0n) is 17.1. The summed E-state index contributed by atoms with van der Waals surface area (Å²) in [7, 11) is 0. The number of fused-ring (bicyclic) bond motifs is 1. The van der Waals surface area contributed by atoms with Gasteiger partial charge in [-0.1, -0.05) is 5.16 Å². The van der Waals surface area contributed by atoms with E-state index in [1.807, 2.05) is 0 Å². The first-order chi connectivity index (χ1) is 14.8. The monoisotopic (exact) mass is 434 g/mol. The van der Waals surface area contributed by atoms with Crippen LogP contribution in [0.2, 0.25) is 0 Å². The Labute approximate surface area is 176 Å². The number of ether oxygens (including phenoxy) is 1. The lowest BCUT2D eigenvalue weighted by atomic mass is 9.92. The highest BCUT2D eigenvalue weighted by molar-refractivity contribution is 5.96. The lowest BCUT2D eigenvalue weighted by Crippen LogP contribution is -2.39. The van der Waals surface area contributed by atoms with Gasteiger partial charge < -0.3 is 14.2 Å². The highest BCUT2D eigenvalue weighted by atomic mass is 19.4. The van der Waals surface area contributed by atoms with E-state index in [2.05, 4.69) is 15.1 Å². The normalized spacial score (nSPS) is 17.2. The molecule has 1 aliphatic heterocycles. The highest BCUT2D eigenvalue weighted by Crippen LogP contribution is 2.38. The van der Waals surface area contributed by atoms with E-state index in [9.17, 15) is 18.0 Å². The molecule has 3 aromatic heterocycles. The molecule has 4 rings (SSSR count). The van der Waals surface area contributed by atoms with Gasteiger partial charge in [-0.3, -0.25) is 4.79 Å². The predicted molar refractivity (Wildman–Crippen MR) is 105 cm³/mol. The quantitative estimate of drug-likeness (QED) is 0.607. The summed E-state index contributed by atoms with van der Waals surface area (Å²) in [6.07, 6.45) is -1.79. The van der Waals surface area contributed by atoms with Crippen LogP contribution in [0.1, 0.15) is 53.0 Å². The first-order valence-corrected chi connectivity index (χ1v) is 10.0. The maximum Gasteiger partial charge on any atom is 0.417 e. The third-order valence-electron chi connectivity index (χ3n) is 5.35. The SMILES string of the molecule is CCOc1ncccc1C(=O)N1CCCC(c2cc(C(F)(F)F)c3c(C)noc3n2)C1. The zero-order chi connectivity index (χ0) is 22.2. The number of aryl methyl sites for hydroxylation is 1. The molecule has 0 bridgehead atoms. The molecule has 1 saturated heterocycles. The van der Waals surface area contributed by atoms with Crippen molar-refractivity contribution in [1.82, 2.24) is 20.0 Å². The lowest BCUT2D eigenvalue weighted by Gasteiger charge is -2.33. The van der Waals surface area contributed by atoms with Crippen molar-refractivity contribution in [2.45, 2.75) is 38.8 Å². The molecule has 1 unspecified atom stereocenters. The third kappa shape index (κ3) is 4.06. The van der Waals surface area contributed by atoms with Gasteiger partial charge in [0.15, 0.2) is 0 Å². The van der Waals surface area contributed by atoms with Crippen molar-refractivity contribution < 1.29 is 27.2 Å². The van der Waals surface area contributed by atoms with E-state index in [4.69, 9.17) is 9.26 Å². The smallest absolute Gasteiger partial charge is 0.417 e. The van der Waals surface area contributed by atoms with Crippen LogP contribution >= 0.6 is 0 Å². The fourth-order valence-electron chi connectivity index (χ4n) is 3.93. The van der Waals surface area contributed by atoms with E-state index in [0.717, 1.165) is 6.07 Å². The highest BCUT2D eigenvalue weighted by Gasteiger charge is 2.37. The molecule has 1 amide bonds. The Hall–Kier alpha value is -3.17. The van der Waals surface area contributed by atoms with Crippen molar-refractivity contribution in [3.8, 4) is 5.88 Å². The van der Waals surface area contributed by atoms with Gasteiger partial charge in [-0.05, 0) is 44.9 Å². The largest absolute Gasteiger partial charge is 0.477 e. The number of halogens is 3. The molecule has 0 N–H and O–H groups in total. The second-order valence-corrected chi connectivity index (χ2v) is 7.42. The van der Waals surface area contributed by atoms with Crippen molar-refractivity contribution in [2.75, 3.05) is 19.7 Å². The van der Waals surface area contributed by atoms with Crippen LogP contribution in [0.25, 0.3) is 11.1 Å². The average molecular weight is 434 g/mol. The van der Waals surface area contributed by atoms with Crippen LogP contribution in [0.4, 0.5) is 13.2 Å². The number of rotatable bonds is 4. The van der Waals surface area contributed by atoms with Crippen molar-refractivity contribution in [3.63, 3.8) is 0 Å². The molecule has 0 radical (unpaired) electrons. The number of hydrogen-bond donors (Lipinski definition) is 0. The van der Waals surface area contributed by atoms with E-state index < -0.39 is 11.7 Å². The zero-order valence-corrected chi connectivity index (χ0v) is 17.1. The number of aromatic nitrogens is 3. The van der Waals surface area contributed by atoms with Crippen molar-refractivity contribution in [3.05, 3.63) is 46.9 Å². The Morgan fingerprint density at radius 3 is 2.94 bits per heavy atom. The Bertz CT molecular complexity index is 1110. The summed E-state index contributed by atoms with van der Waals surface area (Å²) in [6.45, 7) is 4.34. The fourth-order valence-corrected chi connectivity index (χ4v) is 3.93. The summed E-state index contributed by atoms with van der Waals surface area (Å²) in [5.74, 6) is -0.386. The second kappa shape index (κ2) is 8.16. The number of pyridine rings is 2. The lowest BCUT2D eigenvalue weighted by molar-refractivity contribution is -0.136. The van der Waals surface area contributed by atoms with E-state index in [-0.39, 0.29) is 46.7 Å². The summed E-state index contributed by atoms with van der Waals surface area (Å²) >= 11 is 0. The molecular formula is C21H21F3N4O3. The third-order valence-corrected chi connectivity index (χ3v) is 5.35. The minimum absolute atomic E-state index is 0.128. The first kappa shape index (κ1) is 21.1. The minimum Gasteiger partial charge on any atom is -0.477 e. The molecule has 31 heavy (non-hydrogen) atoms.